The van der Waals surface area contributed by atoms with Crippen LogP contribution in [0.5, 0.6) is 0 Å². The van der Waals surface area contributed by atoms with Crippen LogP contribution in [0.1, 0.15) is 18.4 Å². The predicted octanol–water partition coefficient (Wildman–Crippen LogP) is 1.75. The highest BCUT2D eigenvalue weighted by Gasteiger charge is 2.15. The number of piperidine rings is 1. The van der Waals surface area contributed by atoms with Crippen LogP contribution in [0.3, 0.4) is 0 Å². The van der Waals surface area contributed by atoms with Gasteiger partial charge in [0, 0.05) is 12.6 Å². The van der Waals surface area contributed by atoms with E-state index in [1.165, 1.54) is 31.5 Å². The van der Waals surface area contributed by atoms with E-state index < -0.39 is 0 Å². The number of likely N-dealkylation sites (tertiary alicyclic amines) is 1. The maximum atomic E-state index is 4.24. The number of nitrogens with one attached hydrogen (secondary N) is 2. The second-order valence-corrected chi connectivity index (χ2v) is 5.21. The Bertz CT molecular complexity index is 511. The Morgan fingerprint density at radius 2 is 2.22 bits per heavy atom. The zero-order valence-electron chi connectivity index (χ0n) is 10.8. The fourth-order valence-corrected chi connectivity index (χ4v) is 2.57. The van der Waals surface area contributed by atoms with Crippen molar-refractivity contribution in [1.29, 1.82) is 0 Å². The fraction of sp³-hybridized carbons (Fsp3) is 0.500. The number of hydrogen-bond donors (Lipinski definition) is 2. The molecule has 1 saturated heterocycles. The van der Waals surface area contributed by atoms with Crippen molar-refractivity contribution < 1.29 is 0 Å². The van der Waals surface area contributed by atoms with Gasteiger partial charge in [0.25, 0.3) is 0 Å². The molecule has 0 amide bonds. The van der Waals surface area contributed by atoms with Crippen molar-refractivity contribution >= 4 is 11.0 Å². The Kier molecular flexibility index (Phi) is 3.30. The molecule has 0 saturated carbocycles. The number of rotatable bonds is 3. The molecule has 1 fully saturated rings. The summed E-state index contributed by atoms with van der Waals surface area (Å²) in [6.45, 7) is 3.36. The molecule has 0 aliphatic carbocycles. The van der Waals surface area contributed by atoms with Crippen molar-refractivity contribution in [2.45, 2.75) is 25.4 Å². The van der Waals surface area contributed by atoms with Gasteiger partial charge in [0.15, 0.2) is 0 Å². The van der Waals surface area contributed by atoms with Crippen LogP contribution in [0.15, 0.2) is 24.5 Å². The van der Waals surface area contributed by atoms with Crippen molar-refractivity contribution in [1.82, 2.24) is 20.2 Å². The smallest absolute Gasteiger partial charge is 0.0931 e. The summed E-state index contributed by atoms with van der Waals surface area (Å²) in [6, 6.07) is 7.09. The second-order valence-electron chi connectivity index (χ2n) is 5.21. The predicted molar refractivity (Wildman–Crippen MR) is 73.5 cm³/mol. The van der Waals surface area contributed by atoms with Gasteiger partial charge in [-0.2, -0.15) is 0 Å². The monoisotopic (exact) mass is 244 g/mol. The van der Waals surface area contributed by atoms with E-state index in [4.69, 9.17) is 0 Å². The number of aromatic nitrogens is 2. The second kappa shape index (κ2) is 5.08. The number of imidazole rings is 1. The first-order valence-electron chi connectivity index (χ1n) is 6.65. The molecule has 1 aliphatic heterocycles. The largest absolute Gasteiger partial charge is 0.345 e. The molecule has 3 rings (SSSR count). The molecule has 0 bridgehead atoms. The van der Waals surface area contributed by atoms with Crippen molar-refractivity contribution in [3.63, 3.8) is 0 Å². The fourth-order valence-electron chi connectivity index (χ4n) is 2.57. The van der Waals surface area contributed by atoms with Crippen LogP contribution in [0.4, 0.5) is 0 Å². The van der Waals surface area contributed by atoms with Crippen LogP contribution >= 0.6 is 0 Å². The number of fused-ring (bicyclic) bond motifs is 1. The van der Waals surface area contributed by atoms with Crippen LogP contribution in [-0.2, 0) is 6.54 Å². The van der Waals surface area contributed by atoms with Crippen LogP contribution < -0.4 is 5.32 Å². The average Bonchev–Trinajstić information content (AvgIpc) is 2.85. The highest BCUT2D eigenvalue weighted by atomic mass is 15.1. The van der Waals surface area contributed by atoms with E-state index in [0.29, 0.717) is 6.04 Å². The van der Waals surface area contributed by atoms with Gasteiger partial charge in [-0.15, -0.1) is 0 Å². The van der Waals surface area contributed by atoms with Gasteiger partial charge in [-0.1, -0.05) is 6.07 Å². The third-order valence-corrected chi connectivity index (χ3v) is 3.80. The summed E-state index contributed by atoms with van der Waals surface area (Å²) < 4.78 is 0. The van der Waals surface area contributed by atoms with Gasteiger partial charge >= 0.3 is 0 Å². The van der Waals surface area contributed by atoms with E-state index in [9.17, 15) is 0 Å². The molecule has 2 aromatic rings. The SMILES string of the molecule is CN1CCC(NCc2ccc3nc[nH]c3c2)CC1. The molecule has 2 N–H and O–H groups in total. The quantitative estimate of drug-likeness (QED) is 0.864. The van der Waals surface area contributed by atoms with Crippen molar-refractivity contribution in [2.75, 3.05) is 20.1 Å². The van der Waals surface area contributed by atoms with E-state index in [1.807, 2.05) is 0 Å². The van der Waals surface area contributed by atoms with Gasteiger partial charge < -0.3 is 15.2 Å². The first-order chi connectivity index (χ1) is 8.81. The Hall–Kier alpha value is -1.39. The topological polar surface area (TPSA) is 44.0 Å². The zero-order chi connectivity index (χ0) is 12.4. The van der Waals surface area contributed by atoms with Gasteiger partial charge in [0.05, 0.1) is 17.4 Å². The molecule has 1 aromatic carbocycles. The first kappa shape index (κ1) is 11.7. The van der Waals surface area contributed by atoms with Gasteiger partial charge in [-0.25, -0.2) is 4.98 Å². The third kappa shape index (κ3) is 2.54. The number of benzene rings is 1. The zero-order valence-corrected chi connectivity index (χ0v) is 10.8. The lowest BCUT2D eigenvalue weighted by atomic mass is 10.1. The van der Waals surface area contributed by atoms with Gasteiger partial charge in [-0.05, 0) is 50.7 Å². The molecule has 1 aromatic heterocycles. The summed E-state index contributed by atoms with van der Waals surface area (Å²) in [6.07, 6.45) is 4.25. The number of hydrogen-bond acceptors (Lipinski definition) is 3. The molecular weight excluding hydrogens is 224 g/mol. The Balaban J connectivity index is 1.59. The van der Waals surface area contributed by atoms with Crippen LogP contribution in [-0.4, -0.2) is 41.0 Å². The number of H-pyrrole nitrogens is 1. The summed E-state index contributed by atoms with van der Waals surface area (Å²) in [5.41, 5.74) is 3.49. The molecule has 0 atom stereocenters. The molecule has 0 radical (unpaired) electrons. The first-order valence-corrected chi connectivity index (χ1v) is 6.65. The standard InChI is InChI=1S/C14H20N4/c1-18-6-4-12(5-7-18)15-9-11-2-3-13-14(8-11)17-10-16-13/h2-3,8,10,12,15H,4-7,9H2,1H3,(H,16,17). The van der Waals surface area contributed by atoms with Crippen LogP contribution in [0.25, 0.3) is 11.0 Å². The molecule has 0 spiro atoms. The van der Waals surface area contributed by atoms with Crippen LogP contribution in [0, 0.1) is 0 Å². The van der Waals surface area contributed by atoms with E-state index in [2.05, 4.69) is 45.4 Å². The molecule has 4 heteroatoms. The third-order valence-electron chi connectivity index (χ3n) is 3.80. The molecule has 18 heavy (non-hydrogen) atoms. The molecule has 4 nitrogen and oxygen atoms in total. The van der Waals surface area contributed by atoms with Crippen molar-refractivity contribution in [3.05, 3.63) is 30.1 Å². The minimum Gasteiger partial charge on any atom is -0.345 e. The number of nitrogens with zero attached hydrogens (tertiary/aromatic N) is 2. The highest BCUT2D eigenvalue weighted by Crippen LogP contribution is 2.13. The molecule has 96 valence electrons. The maximum absolute atomic E-state index is 4.24. The Labute approximate surface area is 107 Å². The highest BCUT2D eigenvalue weighted by molar-refractivity contribution is 5.74. The summed E-state index contributed by atoms with van der Waals surface area (Å²) in [5.74, 6) is 0. The maximum Gasteiger partial charge on any atom is 0.0931 e. The van der Waals surface area contributed by atoms with E-state index in [0.717, 1.165) is 17.6 Å². The molecular formula is C14H20N4. The van der Waals surface area contributed by atoms with Gasteiger partial charge in [0.1, 0.15) is 0 Å². The molecule has 1 aliphatic rings. The summed E-state index contributed by atoms with van der Waals surface area (Å²) in [7, 11) is 2.20. The molecule has 2 heterocycles. The summed E-state index contributed by atoms with van der Waals surface area (Å²) in [5, 5.41) is 3.65. The normalized spacial score (nSPS) is 18.5. The lowest BCUT2D eigenvalue weighted by Gasteiger charge is -2.29. The lowest BCUT2D eigenvalue weighted by Crippen LogP contribution is -2.40. The van der Waals surface area contributed by atoms with E-state index in [-0.39, 0.29) is 0 Å². The van der Waals surface area contributed by atoms with Crippen LogP contribution in [0.2, 0.25) is 0 Å². The minimum atomic E-state index is 0.665. The summed E-state index contributed by atoms with van der Waals surface area (Å²) >= 11 is 0. The van der Waals surface area contributed by atoms with Crippen molar-refractivity contribution in [2.24, 2.45) is 0 Å². The molecule has 0 unspecified atom stereocenters. The average molecular weight is 244 g/mol. The Morgan fingerprint density at radius 3 is 3.06 bits per heavy atom. The van der Waals surface area contributed by atoms with E-state index >= 15 is 0 Å². The van der Waals surface area contributed by atoms with E-state index in [1.54, 1.807) is 6.33 Å². The number of aromatic amines is 1. The van der Waals surface area contributed by atoms with Crippen molar-refractivity contribution in [3.8, 4) is 0 Å². The van der Waals surface area contributed by atoms with Gasteiger partial charge in [-0.3, -0.25) is 0 Å². The van der Waals surface area contributed by atoms with Gasteiger partial charge in [0.2, 0.25) is 0 Å². The lowest BCUT2D eigenvalue weighted by molar-refractivity contribution is 0.234. The summed E-state index contributed by atoms with van der Waals surface area (Å²) in [4.78, 5) is 9.79. The minimum absolute atomic E-state index is 0.665. The Morgan fingerprint density at radius 1 is 1.39 bits per heavy atom.